The molecule has 1 amide bonds. The molecule has 1 atom stereocenters. The molecule has 0 aliphatic carbocycles. The largest absolute Gasteiger partial charge is 0.354 e. The van der Waals surface area contributed by atoms with Crippen LogP contribution in [0, 0.1) is 0 Å². The highest BCUT2D eigenvalue weighted by Crippen LogP contribution is 2.03. The maximum absolute atomic E-state index is 11.5. The fourth-order valence-corrected chi connectivity index (χ4v) is 1.91. The molecular weight excluding hydrogens is 204 g/mol. The van der Waals surface area contributed by atoms with E-state index in [9.17, 15) is 4.79 Å². The molecule has 0 radical (unpaired) electrons. The number of imidazole rings is 1. The van der Waals surface area contributed by atoms with Gasteiger partial charge in [-0.2, -0.15) is 0 Å². The van der Waals surface area contributed by atoms with Gasteiger partial charge in [-0.1, -0.05) is 0 Å². The summed E-state index contributed by atoms with van der Waals surface area (Å²) in [4.78, 5) is 15.5. The normalized spacial score (nSPS) is 19.9. The zero-order valence-corrected chi connectivity index (χ0v) is 9.35. The molecule has 1 saturated heterocycles. The Kier molecular flexibility index (Phi) is 3.93. The molecule has 0 spiro atoms. The van der Waals surface area contributed by atoms with Gasteiger partial charge in [0.05, 0.1) is 6.33 Å². The van der Waals surface area contributed by atoms with Crippen LogP contribution in [-0.4, -0.2) is 34.6 Å². The molecule has 5 heteroatoms. The van der Waals surface area contributed by atoms with Crippen molar-refractivity contribution < 1.29 is 4.79 Å². The fourth-order valence-electron chi connectivity index (χ4n) is 1.91. The van der Waals surface area contributed by atoms with Crippen molar-refractivity contribution in [3.05, 3.63) is 18.7 Å². The average Bonchev–Trinajstić information content (AvgIpc) is 2.96. The molecule has 0 aromatic carbocycles. The van der Waals surface area contributed by atoms with Crippen LogP contribution in [0.5, 0.6) is 0 Å². The van der Waals surface area contributed by atoms with Gasteiger partial charge in [0.25, 0.3) is 0 Å². The minimum absolute atomic E-state index is 0.113. The van der Waals surface area contributed by atoms with Crippen LogP contribution < -0.4 is 10.6 Å². The van der Waals surface area contributed by atoms with Gasteiger partial charge in [0.1, 0.15) is 0 Å². The highest BCUT2D eigenvalue weighted by Gasteiger charge is 2.14. The number of amides is 1. The van der Waals surface area contributed by atoms with E-state index in [1.807, 2.05) is 10.8 Å². The molecule has 5 nitrogen and oxygen atoms in total. The van der Waals surface area contributed by atoms with E-state index in [4.69, 9.17) is 0 Å². The number of carbonyl (C=O) groups is 1. The Morgan fingerprint density at radius 3 is 3.25 bits per heavy atom. The third kappa shape index (κ3) is 3.34. The summed E-state index contributed by atoms with van der Waals surface area (Å²) < 4.78 is 1.91. The Balaban J connectivity index is 1.60. The lowest BCUT2D eigenvalue weighted by atomic mass is 10.2. The molecule has 1 aromatic heterocycles. The second kappa shape index (κ2) is 5.65. The van der Waals surface area contributed by atoms with Gasteiger partial charge in [-0.25, -0.2) is 4.98 Å². The molecule has 16 heavy (non-hydrogen) atoms. The number of hydrogen-bond donors (Lipinski definition) is 2. The van der Waals surface area contributed by atoms with Crippen molar-refractivity contribution in [3.8, 4) is 0 Å². The van der Waals surface area contributed by atoms with Gasteiger partial charge in [0.2, 0.25) is 5.91 Å². The summed E-state index contributed by atoms with van der Waals surface area (Å²) in [5.74, 6) is 0.113. The summed E-state index contributed by atoms with van der Waals surface area (Å²) in [6, 6.07) is 0.470. The van der Waals surface area contributed by atoms with Crippen molar-refractivity contribution >= 4 is 5.91 Å². The maximum atomic E-state index is 11.5. The molecular formula is C11H18N4O. The minimum atomic E-state index is 0.113. The van der Waals surface area contributed by atoms with E-state index in [0.717, 1.165) is 13.1 Å². The van der Waals surface area contributed by atoms with Crippen LogP contribution in [0.25, 0.3) is 0 Å². The smallest absolute Gasteiger partial charge is 0.221 e. The van der Waals surface area contributed by atoms with E-state index >= 15 is 0 Å². The van der Waals surface area contributed by atoms with E-state index in [-0.39, 0.29) is 5.91 Å². The first-order valence-electron chi connectivity index (χ1n) is 5.80. The van der Waals surface area contributed by atoms with Gasteiger partial charge < -0.3 is 15.2 Å². The number of rotatable bonds is 5. The Bertz CT molecular complexity index is 317. The molecule has 2 heterocycles. The van der Waals surface area contributed by atoms with Crippen LogP contribution in [0.2, 0.25) is 0 Å². The number of hydrogen-bond acceptors (Lipinski definition) is 3. The first kappa shape index (κ1) is 11.1. The molecule has 1 aromatic rings. The molecule has 1 unspecified atom stereocenters. The van der Waals surface area contributed by atoms with E-state index in [1.165, 1.54) is 12.8 Å². The molecule has 1 aliphatic rings. The Labute approximate surface area is 95.2 Å². The van der Waals surface area contributed by atoms with Gasteiger partial charge >= 0.3 is 0 Å². The van der Waals surface area contributed by atoms with Crippen LogP contribution >= 0.6 is 0 Å². The van der Waals surface area contributed by atoms with Crippen molar-refractivity contribution in [1.82, 2.24) is 20.2 Å². The van der Waals surface area contributed by atoms with Crippen LogP contribution in [0.4, 0.5) is 0 Å². The SMILES string of the molecule is O=C(CCn1ccnc1)NCC1CCCN1. The monoisotopic (exact) mass is 222 g/mol. The lowest BCUT2D eigenvalue weighted by Gasteiger charge is -2.11. The number of carbonyl (C=O) groups excluding carboxylic acids is 1. The lowest BCUT2D eigenvalue weighted by molar-refractivity contribution is -0.121. The standard InChI is InChI=1S/C11H18N4O/c16-11(3-6-15-7-5-12-9-15)14-8-10-2-1-4-13-10/h5,7,9-10,13H,1-4,6,8H2,(H,14,16). The summed E-state index contributed by atoms with van der Waals surface area (Å²) in [6.45, 7) is 2.53. The lowest BCUT2D eigenvalue weighted by Crippen LogP contribution is -2.37. The number of nitrogens with zero attached hydrogens (tertiary/aromatic N) is 2. The van der Waals surface area contributed by atoms with Crippen LogP contribution in [0.15, 0.2) is 18.7 Å². The van der Waals surface area contributed by atoms with E-state index < -0.39 is 0 Å². The van der Waals surface area contributed by atoms with Gasteiger partial charge in [-0.3, -0.25) is 4.79 Å². The topological polar surface area (TPSA) is 59.0 Å². The third-order valence-corrected chi connectivity index (χ3v) is 2.86. The molecule has 2 rings (SSSR count). The minimum Gasteiger partial charge on any atom is -0.354 e. The van der Waals surface area contributed by atoms with Crippen molar-refractivity contribution in [2.24, 2.45) is 0 Å². The molecule has 1 fully saturated rings. The summed E-state index contributed by atoms with van der Waals surface area (Å²) >= 11 is 0. The van der Waals surface area contributed by atoms with E-state index in [2.05, 4.69) is 15.6 Å². The molecule has 0 saturated carbocycles. The van der Waals surface area contributed by atoms with E-state index in [0.29, 0.717) is 19.0 Å². The molecule has 0 bridgehead atoms. The summed E-state index contributed by atoms with van der Waals surface area (Å²) in [6.07, 6.45) is 8.22. The number of aromatic nitrogens is 2. The highest BCUT2D eigenvalue weighted by atomic mass is 16.1. The van der Waals surface area contributed by atoms with Crippen molar-refractivity contribution in [2.75, 3.05) is 13.1 Å². The number of aryl methyl sites for hydroxylation is 1. The second-order valence-electron chi connectivity index (χ2n) is 4.15. The zero-order chi connectivity index (χ0) is 11.2. The summed E-state index contributed by atoms with van der Waals surface area (Å²) in [5.41, 5.74) is 0. The van der Waals surface area contributed by atoms with Crippen LogP contribution in [0.1, 0.15) is 19.3 Å². The van der Waals surface area contributed by atoms with Crippen LogP contribution in [-0.2, 0) is 11.3 Å². The first-order chi connectivity index (χ1) is 7.84. The van der Waals surface area contributed by atoms with Crippen LogP contribution in [0.3, 0.4) is 0 Å². The van der Waals surface area contributed by atoms with Gasteiger partial charge in [0.15, 0.2) is 0 Å². The van der Waals surface area contributed by atoms with Crippen molar-refractivity contribution in [1.29, 1.82) is 0 Å². The Hall–Kier alpha value is -1.36. The summed E-state index contributed by atoms with van der Waals surface area (Å²) in [5, 5.41) is 6.30. The molecule has 2 N–H and O–H groups in total. The molecule has 1 aliphatic heterocycles. The highest BCUT2D eigenvalue weighted by molar-refractivity contribution is 5.75. The van der Waals surface area contributed by atoms with Gasteiger partial charge in [-0.05, 0) is 19.4 Å². The van der Waals surface area contributed by atoms with Crippen molar-refractivity contribution in [3.63, 3.8) is 0 Å². The predicted molar refractivity (Wildman–Crippen MR) is 60.9 cm³/mol. The van der Waals surface area contributed by atoms with Crippen molar-refractivity contribution in [2.45, 2.75) is 31.8 Å². The van der Waals surface area contributed by atoms with Gasteiger partial charge in [0, 0.05) is 37.9 Å². The fraction of sp³-hybridized carbons (Fsp3) is 0.636. The Morgan fingerprint density at radius 2 is 2.56 bits per heavy atom. The third-order valence-electron chi connectivity index (χ3n) is 2.86. The average molecular weight is 222 g/mol. The summed E-state index contributed by atoms with van der Waals surface area (Å²) in [7, 11) is 0. The number of nitrogens with one attached hydrogen (secondary N) is 2. The van der Waals surface area contributed by atoms with Gasteiger partial charge in [-0.15, -0.1) is 0 Å². The predicted octanol–water partition coefficient (Wildman–Crippen LogP) is 0.141. The zero-order valence-electron chi connectivity index (χ0n) is 9.35. The first-order valence-corrected chi connectivity index (χ1v) is 5.80. The van der Waals surface area contributed by atoms with E-state index in [1.54, 1.807) is 12.5 Å². The molecule has 88 valence electrons. The second-order valence-corrected chi connectivity index (χ2v) is 4.15. The Morgan fingerprint density at radius 1 is 1.62 bits per heavy atom. The maximum Gasteiger partial charge on any atom is 0.221 e. The quantitative estimate of drug-likeness (QED) is 0.745.